The van der Waals surface area contributed by atoms with Gasteiger partial charge in [-0.05, 0) is 106 Å². The number of hydrogen-bond donors (Lipinski definition) is 0. The van der Waals surface area contributed by atoms with Crippen molar-refractivity contribution in [2.75, 3.05) is 0 Å². The van der Waals surface area contributed by atoms with Gasteiger partial charge in [-0.25, -0.2) is 9.97 Å². The first-order valence-electron chi connectivity index (χ1n) is 21.8. The van der Waals surface area contributed by atoms with Crippen molar-refractivity contribution < 1.29 is 0 Å². The van der Waals surface area contributed by atoms with E-state index in [-0.39, 0.29) is 5.41 Å². The number of aromatic nitrogens is 2. The third-order valence-corrected chi connectivity index (χ3v) is 13.3. The molecule has 0 unspecified atom stereocenters. The summed E-state index contributed by atoms with van der Waals surface area (Å²) < 4.78 is 0. The monoisotopic (exact) mass is 802 g/mol. The summed E-state index contributed by atoms with van der Waals surface area (Å²) in [7, 11) is 0. The second-order valence-electron chi connectivity index (χ2n) is 17.3. The number of benzene rings is 10. The van der Waals surface area contributed by atoms with Crippen molar-refractivity contribution in [3.63, 3.8) is 0 Å². The molecule has 1 heterocycles. The van der Waals surface area contributed by atoms with Crippen LogP contribution in [0.4, 0.5) is 0 Å². The fraction of sp³-hybridized carbons (Fsp3) is 0.0492. The average Bonchev–Trinajstić information content (AvgIpc) is 3.58. The molecule has 296 valence electrons. The Morgan fingerprint density at radius 2 is 0.825 bits per heavy atom. The van der Waals surface area contributed by atoms with Gasteiger partial charge in [-0.15, -0.1) is 0 Å². The molecule has 11 aromatic rings. The Morgan fingerprint density at radius 1 is 0.302 bits per heavy atom. The highest BCUT2D eigenvalue weighted by atomic mass is 14.9. The van der Waals surface area contributed by atoms with Crippen molar-refractivity contribution in [1.29, 1.82) is 0 Å². The largest absolute Gasteiger partial charge is 0.228 e. The van der Waals surface area contributed by atoms with Gasteiger partial charge in [-0.2, -0.15) is 0 Å². The minimum absolute atomic E-state index is 0.0416. The van der Waals surface area contributed by atoms with Crippen molar-refractivity contribution >= 4 is 32.3 Å². The lowest BCUT2D eigenvalue weighted by Crippen LogP contribution is -2.14. The summed E-state index contributed by atoms with van der Waals surface area (Å²) in [6.45, 7) is 4.67. The third-order valence-electron chi connectivity index (χ3n) is 13.3. The topological polar surface area (TPSA) is 25.8 Å². The molecule has 0 aliphatic heterocycles. The Hall–Kier alpha value is -7.94. The average molecular weight is 803 g/mol. The number of rotatable bonds is 6. The maximum Gasteiger partial charge on any atom is 0.160 e. The molecule has 0 atom stereocenters. The molecule has 1 aliphatic rings. The summed E-state index contributed by atoms with van der Waals surface area (Å²) in [4.78, 5) is 10.3. The molecule has 12 rings (SSSR count). The first-order valence-corrected chi connectivity index (χ1v) is 21.8. The summed E-state index contributed by atoms with van der Waals surface area (Å²) in [6.07, 6.45) is 0. The fourth-order valence-corrected chi connectivity index (χ4v) is 9.97. The van der Waals surface area contributed by atoms with Gasteiger partial charge in [0.25, 0.3) is 0 Å². The molecule has 1 aromatic heterocycles. The summed E-state index contributed by atoms with van der Waals surface area (Å²) in [5.41, 5.74) is 17.5. The van der Waals surface area contributed by atoms with Crippen LogP contribution in [0.5, 0.6) is 0 Å². The molecule has 0 saturated heterocycles. The standard InChI is InChI=1S/C61H42N2/c1-61(2)55-19-11-10-18-51(55)52-34-33-47(37-56(52)61)41-22-28-44(29-23-41)58-38-57(62-60(63-58)46-13-4-3-5-14-46)43-26-20-39(21-27-43)40-24-30-45(31-25-40)59-50-17-9-7-15-48(50)36-54-49-16-8-6-12-42(49)32-35-53(54)59/h3-38H,1-2H3. The molecule has 10 aromatic carbocycles. The van der Waals surface area contributed by atoms with E-state index in [1.165, 1.54) is 82.4 Å². The molecule has 0 radical (unpaired) electrons. The van der Waals surface area contributed by atoms with Crippen LogP contribution in [0, 0.1) is 0 Å². The molecule has 63 heavy (non-hydrogen) atoms. The second kappa shape index (κ2) is 14.6. The molecule has 0 N–H and O–H groups in total. The van der Waals surface area contributed by atoms with Crippen LogP contribution in [0.2, 0.25) is 0 Å². The maximum atomic E-state index is 5.13. The van der Waals surface area contributed by atoms with Crippen LogP contribution < -0.4 is 0 Å². The molecule has 0 fully saturated rings. The van der Waals surface area contributed by atoms with Crippen molar-refractivity contribution in [3.8, 4) is 78.4 Å². The van der Waals surface area contributed by atoms with Crippen molar-refractivity contribution in [1.82, 2.24) is 9.97 Å². The van der Waals surface area contributed by atoms with Crippen LogP contribution in [0.15, 0.2) is 218 Å². The van der Waals surface area contributed by atoms with Gasteiger partial charge in [0.1, 0.15) is 0 Å². The van der Waals surface area contributed by atoms with Gasteiger partial charge in [0, 0.05) is 22.1 Å². The minimum atomic E-state index is -0.0416. The predicted molar refractivity (Wildman–Crippen MR) is 265 cm³/mol. The van der Waals surface area contributed by atoms with Crippen LogP contribution in [0.3, 0.4) is 0 Å². The Morgan fingerprint density at radius 3 is 1.52 bits per heavy atom. The predicted octanol–water partition coefficient (Wildman–Crippen LogP) is 16.2. The van der Waals surface area contributed by atoms with E-state index in [0.29, 0.717) is 5.82 Å². The van der Waals surface area contributed by atoms with E-state index in [1.807, 2.05) is 18.2 Å². The Kier molecular flexibility index (Phi) is 8.55. The van der Waals surface area contributed by atoms with Crippen LogP contribution in [-0.4, -0.2) is 9.97 Å². The Balaban J connectivity index is 0.867. The molecular formula is C61H42N2. The van der Waals surface area contributed by atoms with E-state index < -0.39 is 0 Å². The number of fused-ring (bicyclic) bond motifs is 7. The highest BCUT2D eigenvalue weighted by molar-refractivity contribution is 6.20. The van der Waals surface area contributed by atoms with Crippen molar-refractivity contribution in [2.45, 2.75) is 19.3 Å². The van der Waals surface area contributed by atoms with Gasteiger partial charge in [0.15, 0.2) is 5.82 Å². The Bertz CT molecular complexity index is 3550. The van der Waals surface area contributed by atoms with Gasteiger partial charge < -0.3 is 0 Å². The first kappa shape index (κ1) is 36.9. The van der Waals surface area contributed by atoms with E-state index in [1.54, 1.807) is 0 Å². The lowest BCUT2D eigenvalue weighted by Gasteiger charge is -2.22. The summed E-state index contributed by atoms with van der Waals surface area (Å²) in [5, 5.41) is 7.62. The molecule has 2 nitrogen and oxygen atoms in total. The van der Waals surface area contributed by atoms with E-state index in [4.69, 9.17) is 9.97 Å². The van der Waals surface area contributed by atoms with Gasteiger partial charge in [0.2, 0.25) is 0 Å². The summed E-state index contributed by atoms with van der Waals surface area (Å²) in [5.74, 6) is 0.709. The summed E-state index contributed by atoms with van der Waals surface area (Å²) in [6, 6.07) is 79.1. The zero-order valence-corrected chi connectivity index (χ0v) is 35.2. The maximum absolute atomic E-state index is 5.13. The molecule has 1 aliphatic carbocycles. The fourth-order valence-electron chi connectivity index (χ4n) is 9.97. The molecule has 0 amide bonds. The second-order valence-corrected chi connectivity index (χ2v) is 17.3. The van der Waals surface area contributed by atoms with Gasteiger partial charge in [-0.3, -0.25) is 0 Å². The lowest BCUT2D eigenvalue weighted by molar-refractivity contribution is 0.660. The molecular weight excluding hydrogens is 761 g/mol. The SMILES string of the molecule is CC1(C)c2ccccc2-c2ccc(-c3ccc(-c4cc(-c5ccc(-c6ccc(-c7c8ccccc8cc8c7ccc7ccccc78)cc6)cc5)nc(-c5ccccc5)n4)cc3)cc21. The minimum Gasteiger partial charge on any atom is -0.228 e. The smallest absolute Gasteiger partial charge is 0.160 e. The highest BCUT2D eigenvalue weighted by Gasteiger charge is 2.35. The van der Waals surface area contributed by atoms with E-state index in [9.17, 15) is 0 Å². The van der Waals surface area contributed by atoms with Crippen molar-refractivity contribution in [2.24, 2.45) is 0 Å². The quantitative estimate of drug-likeness (QED) is 0.124. The van der Waals surface area contributed by atoms with Gasteiger partial charge in [0.05, 0.1) is 11.4 Å². The molecule has 0 bridgehead atoms. The highest BCUT2D eigenvalue weighted by Crippen LogP contribution is 2.49. The van der Waals surface area contributed by atoms with E-state index >= 15 is 0 Å². The van der Waals surface area contributed by atoms with Crippen LogP contribution >= 0.6 is 0 Å². The van der Waals surface area contributed by atoms with Gasteiger partial charge >= 0.3 is 0 Å². The van der Waals surface area contributed by atoms with Crippen LogP contribution in [-0.2, 0) is 5.41 Å². The molecule has 0 saturated carbocycles. The zero-order chi connectivity index (χ0) is 42.1. The van der Waals surface area contributed by atoms with Crippen LogP contribution in [0.1, 0.15) is 25.0 Å². The van der Waals surface area contributed by atoms with Crippen LogP contribution in [0.25, 0.3) is 111 Å². The molecule has 0 spiro atoms. The van der Waals surface area contributed by atoms with E-state index in [2.05, 4.69) is 214 Å². The normalized spacial score (nSPS) is 12.7. The van der Waals surface area contributed by atoms with Gasteiger partial charge in [-0.1, -0.05) is 214 Å². The number of hydrogen-bond acceptors (Lipinski definition) is 2. The zero-order valence-electron chi connectivity index (χ0n) is 35.2. The third kappa shape index (κ3) is 6.25. The summed E-state index contributed by atoms with van der Waals surface area (Å²) >= 11 is 0. The lowest BCUT2D eigenvalue weighted by atomic mass is 9.81. The van der Waals surface area contributed by atoms with E-state index in [0.717, 1.165) is 33.6 Å². The Labute approximate surface area is 367 Å². The molecule has 2 heteroatoms. The number of nitrogens with zero attached hydrogens (tertiary/aromatic N) is 2. The van der Waals surface area contributed by atoms with Crippen molar-refractivity contribution in [3.05, 3.63) is 230 Å². The first-order chi connectivity index (χ1) is 31.0.